The summed E-state index contributed by atoms with van der Waals surface area (Å²) in [6.07, 6.45) is 2.10. The number of nitrogens with one attached hydrogen (secondary N) is 2. The molecule has 1 unspecified atom stereocenters. The number of benzene rings is 1. The van der Waals surface area contributed by atoms with Crippen LogP contribution >= 0.6 is 0 Å². The molecule has 1 aliphatic carbocycles. The molecule has 108 valence electrons. The van der Waals surface area contributed by atoms with Crippen molar-refractivity contribution in [2.75, 3.05) is 17.3 Å². The molecule has 3 rings (SSSR count). The lowest BCUT2D eigenvalue weighted by Gasteiger charge is -2.30. The van der Waals surface area contributed by atoms with Crippen LogP contribution in [0.1, 0.15) is 17.0 Å². The molecule has 1 atom stereocenters. The minimum atomic E-state index is -0.517. The average Bonchev–Trinajstić information content (AvgIpc) is 2.47. The number of anilines is 2. The van der Waals surface area contributed by atoms with Gasteiger partial charge in [0.15, 0.2) is 0 Å². The molecular formula is C13H14N6O2. The van der Waals surface area contributed by atoms with Gasteiger partial charge >= 0.3 is 5.69 Å². The van der Waals surface area contributed by atoms with Crippen molar-refractivity contribution in [3.8, 4) is 0 Å². The summed E-state index contributed by atoms with van der Waals surface area (Å²) in [5.74, 6) is 5.88. The topological polar surface area (TPSA) is 119 Å². The Morgan fingerprint density at radius 3 is 2.95 bits per heavy atom. The van der Waals surface area contributed by atoms with Crippen molar-refractivity contribution in [1.29, 1.82) is 0 Å². The Hall–Kier alpha value is -2.74. The quantitative estimate of drug-likeness (QED) is 0.432. The van der Waals surface area contributed by atoms with Crippen LogP contribution in [-0.4, -0.2) is 21.4 Å². The van der Waals surface area contributed by atoms with E-state index in [2.05, 4.69) is 32.8 Å². The maximum Gasteiger partial charge on any atom is 0.329 e. The van der Waals surface area contributed by atoms with Gasteiger partial charge in [-0.25, -0.2) is 10.8 Å². The Morgan fingerprint density at radius 1 is 1.43 bits per heavy atom. The molecule has 0 aliphatic heterocycles. The molecule has 1 aromatic heterocycles. The Bertz CT molecular complexity index is 690. The fourth-order valence-electron chi connectivity index (χ4n) is 2.47. The van der Waals surface area contributed by atoms with E-state index in [4.69, 9.17) is 5.84 Å². The highest BCUT2D eigenvalue weighted by Gasteiger charge is 2.26. The first-order valence-corrected chi connectivity index (χ1v) is 6.48. The summed E-state index contributed by atoms with van der Waals surface area (Å²) in [6.45, 7) is 0.582. The molecule has 0 amide bonds. The monoisotopic (exact) mass is 286 g/mol. The summed E-state index contributed by atoms with van der Waals surface area (Å²) in [7, 11) is 0. The highest BCUT2D eigenvalue weighted by atomic mass is 16.6. The van der Waals surface area contributed by atoms with Gasteiger partial charge in [-0.2, -0.15) is 4.98 Å². The van der Waals surface area contributed by atoms with E-state index in [0.29, 0.717) is 12.5 Å². The predicted octanol–water partition coefficient (Wildman–Crippen LogP) is 1.42. The second kappa shape index (κ2) is 5.33. The molecule has 8 nitrogen and oxygen atoms in total. The molecule has 0 saturated carbocycles. The molecule has 0 bridgehead atoms. The minimum Gasteiger partial charge on any atom is -0.364 e. The third kappa shape index (κ3) is 2.48. The van der Waals surface area contributed by atoms with E-state index in [9.17, 15) is 10.1 Å². The summed E-state index contributed by atoms with van der Waals surface area (Å²) in [6, 6.07) is 8.17. The van der Waals surface area contributed by atoms with Gasteiger partial charge in [-0.05, 0) is 17.5 Å². The summed E-state index contributed by atoms with van der Waals surface area (Å²) in [5, 5.41) is 14.0. The van der Waals surface area contributed by atoms with Crippen molar-refractivity contribution in [1.82, 2.24) is 9.97 Å². The van der Waals surface area contributed by atoms with E-state index in [-0.39, 0.29) is 17.5 Å². The summed E-state index contributed by atoms with van der Waals surface area (Å²) in [5.41, 5.74) is 4.72. The zero-order chi connectivity index (χ0) is 14.8. The molecule has 1 aromatic carbocycles. The smallest absolute Gasteiger partial charge is 0.329 e. The Balaban J connectivity index is 1.75. The number of hydrogen-bond donors (Lipinski definition) is 3. The third-order valence-electron chi connectivity index (χ3n) is 3.57. The first-order valence-electron chi connectivity index (χ1n) is 6.48. The van der Waals surface area contributed by atoms with Gasteiger partial charge in [0.05, 0.1) is 4.92 Å². The van der Waals surface area contributed by atoms with Crippen molar-refractivity contribution < 1.29 is 4.92 Å². The van der Waals surface area contributed by atoms with E-state index < -0.39 is 4.92 Å². The van der Waals surface area contributed by atoms with Gasteiger partial charge < -0.3 is 5.32 Å². The van der Waals surface area contributed by atoms with Crippen LogP contribution in [0.15, 0.2) is 30.5 Å². The molecular weight excluding hydrogens is 272 g/mol. The van der Waals surface area contributed by atoms with Gasteiger partial charge in [0.25, 0.3) is 0 Å². The number of hydrazine groups is 1. The first kappa shape index (κ1) is 13.3. The Morgan fingerprint density at radius 2 is 2.24 bits per heavy atom. The molecule has 8 heteroatoms. The summed E-state index contributed by atoms with van der Waals surface area (Å²) < 4.78 is 0. The molecule has 1 aliphatic rings. The Kier molecular flexibility index (Phi) is 3.36. The van der Waals surface area contributed by atoms with Crippen LogP contribution in [0.2, 0.25) is 0 Å². The Labute approximate surface area is 120 Å². The molecule has 0 radical (unpaired) electrons. The van der Waals surface area contributed by atoms with Crippen molar-refractivity contribution in [3.63, 3.8) is 0 Å². The number of rotatable bonds is 5. The average molecular weight is 286 g/mol. The summed E-state index contributed by atoms with van der Waals surface area (Å²) >= 11 is 0. The standard InChI is InChI=1S/C13H14N6O2/c14-18-13-16-7-11(19(20)21)12(17-13)15-6-9-5-8-3-1-2-4-10(8)9/h1-4,7,9H,5-6,14H2,(H2,15,16,17,18). The van der Waals surface area contributed by atoms with Gasteiger partial charge in [-0.1, -0.05) is 24.3 Å². The van der Waals surface area contributed by atoms with Crippen LogP contribution in [0.3, 0.4) is 0 Å². The first-order chi connectivity index (χ1) is 10.2. The number of hydrogen-bond acceptors (Lipinski definition) is 7. The van der Waals surface area contributed by atoms with Crippen molar-refractivity contribution >= 4 is 17.5 Å². The largest absolute Gasteiger partial charge is 0.364 e. The second-order valence-corrected chi connectivity index (χ2v) is 4.81. The number of nitrogen functional groups attached to an aromatic ring is 1. The highest BCUT2D eigenvalue weighted by Crippen LogP contribution is 2.35. The lowest BCUT2D eigenvalue weighted by atomic mass is 9.77. The minimum absolute atomic E-state index is 0.136. The lowest BCUT2D eigenvalue weighted by molar-refractivity contribution is -0.384. The number of aromatic nitrogens is 2. The van der Waals surface area contributed by atoms with Crippen LogP contribution in [0.25, 0.3) is 0 Å². The number of nitrogens with zero attached hydrogens (tertiary/aromatic N) is 3. The molecule has 4 N–H and O–H groups in total. The summed E-state index contributed by atoms with van der Waals surface area (Å²) in [4.78, 5) is 18.2. The van der Waals surface area contributed by atoms with Crippen LogP contribution in [0, 0.1) is 10.1 Å². The van der Waals surface area contributed by atoms with Gasteiger partial charge in [0, 0.05) is 12.5 Å². The van der Waals surface area contributed by atoms with Crippen LogP contribution in [0.5, 0.6) is 0 Å². The number of nitro groups is 1. The molecule has 0 saturated heterocycles. The zero-order valence-corrected chi connectivity index (χ0v) is 11.1. The van der Waals surface area contributed by atoms with E-state index in [1.54, 1.807) is 0 Å². The van der Waals surface area contributed by atoms with Crippen LogP contribution in [0.4, 0.5) is 17.5 Å². The van der Waals surface area contributed by atoms with Gasteiger partial charge in [0.2, 0.25) is 11.8 Å². The molecule has 0 spiro atoms. The van der Waals surface area contributed by atoms with Gasteiger partial charge in [-0.15, -0.1) is 0 Å². The van der Waals surface area contributed by atoms with Gasteiger partial charge in [0.1, 0.15) is 6.20 Å². The van der Waals surface area contributed by atoms with Crippen molar-refractivity contribution in [3.05, 3.63) is 51.7 Å². The fraction of sp³-hybridized carbons (Fsp3) is 0.231. The van der Waals surface area contributed by atoms with Crippen LogP contribution in [-0.2, 0) is 6.42 Å². The van der Waals surface area contributed by atoms with E-state index in [1.165, 1.54) is 11.1 Å². The lowest BCUT2D eigenvalue weighted by Crippen LogP contribution is -2.25. The predicted molar refractivity (Wildman–Crippen MR) is 77.9 cm³/mol. The molecule has 2 aromatic rings. The zero-order valence-electron chi connectivity index (χ0n) is 11.1. The van der Waals surface area contributed by atoms with E-state index in [0.717, 1.165) is 12.6 Å². The third-order valence-corrected chi connectivity index (χ3v) is 3.57. The van der Waals surface area contributed by atoms with E-state index in [1.807, 2.05) is 12.1 Å². The van der Waals surface area contributed by atoms with Crippen LogP contribution < -0.4 is 16.6 Å². The molecule has 0 fully saturated rings. The SMILES string of the molecule is NNc1ncc([N+](=O)[O-])c(NCC2Cc3ccccc32)n1. The van der Waals surface area contributed by atoms with E-state index >= 15 is 0 Å². The maximum atomic E-state index is 11.0. The number of fused-ring (bicyclic) bond motifs is 1. The molecule has 21 heavy (non-hydrogen) atoms. The fourth-order valence-corrected chi connectivity index (χ4v) is 2.47. The van der Waals surface area contributed by atoms with Gasteiger partial charge in [-0.3, -0.25) is 15.5 Å². The highest BCUT2D eigenvalue weighted by molar-refractivity contribution is 5.57. The van der Waals surface area contributed by atoms with Crippen molar-refractivity contribution in [2.45, 2.75) is 12.3 Å². The molecule has 1 heterocycles. The second-order valence-electron chi connectivity index (χ2n) is 4.81. The maximum absolute atomic E-state index is 11.0. The normalized spacial score (nSPS) is 15.8. The number of nitrogens with two attached hydrogens (primary N) is 1. The van der Waals surface area contributed by atoms with Crippen molar-refractivity contribution in [2.24, 2.45) is 5.84 Å².